The first-order valence-electron chi connectivity index (χ1n) is 9.96. The fraction of sp³-hybridized carbons (Fsp3) is 0.167. The molecule has 0 saturated heterocycles. The summed E-state index contributed by atoms with van der Waals surface area (Å²) in [4.78, 5) is 18.9. The number of aromatic nitrogens is 2. The van der Waals surface area contributed by atoms with E-state index in [2.05, 4.69) is 46.1 Å². The van der Waals surface area contributed by atoms with Gasteiger partial charge in [0.25, 0.3) is 5.91 Å². The van der Waals surface area contributed by atoms with Crippen molar-refractivity contribution in [1.29, 1.82) is 0 Å². The van der Waals surface area contributed by atoms with Crippen LogP contribution in [-0.2, 0) is 6.54 Å². The van der Waals surface area contributed by atoms with Gasteiger partial charge in [-0.15, -0.1) is 11.3 Å². The standard InChI is InChI=1S/C24H22N4OS/c1-4-28-18-8-6-5-7-16(18)17-12-15(9-10-19(17)28)27-23(29)22-21(25)20-13(2)11-14(3)26-24(20)30-22/h5-12H,4,25H2,1-3H3,(H,27,29). The van der Waals surface area contributed by atoms with Gasteiger partial charge < -0.3 is 15.6 Å². The third-order valence-corrected chi connectivity index (χ3v) is 6.68. The first kappa shape index (κ1) is 18.6. The largest absolute Gasteiger partial charge is 0.397 e. The number of amides is 1. The van der Waals surface area contributed by atoms with Gasteiger partial charge in [0.2, 0.25) is 0 Å². The maximum atomic E-state index is 13.0. The van der Waals surface area contributed by atoms with Gasteiger partial charge in [0.15, 0.2) is 0 Å². The Balaban J connectivity index is 1.57. The van der Waals surface area contributed by atoms with E-state index in [9.17, 15) is 4.79 Å². The van der Waals surface area contributed by atoms with E-state index in [4.69, 9.17) is 5.73 Å². The van der Waals surface area contributed by atoms with Gasteiger partial charge >= 0.3 is 0 Å². The normalized spacial score (nSPS) is 11.6. The molecular weight excluding hydrogens is 392 g/mol. The van der Waals surface area contributed by atoms with Gasteiger partial charge in [-0.2, -0.15) is 0 Å². The zero-order valence-electron chi connectivity index (χ0n) is 17.1. The van der Waals surface area contributed by atoms with Crippen molar-refractivity contribution >= 4 is 60.6 Å². The van der Waals surface area contributed by atoms with Crippen LogP contribution in [0.3, 0.4) is 0 Å². The number of para-hydroxylation sites is 1. The molecule has 5 nitrogen and oxygen atoms in total. The highest BCUT2D eigenvalue weighted by molar-refractivity contribution is 7.21. The van der Waals surface area contributed by atoms with E-state index >= 15 is 0 Å². The Morgan fingerprint density at radius 2 is 1.87 bits per heavy atom. The van der Waals surface area contributed by atoms with Crippen molar-refractivity contribution in [2.45, 2.75) is 27.3 Å². The number of rotatable bonds is 3. The fourth-order valence-electron chi connectivity index (χ4n) is 4.30. The molecule has 3 aromatic heterocycles. The highest BCUT2D eigenvalue weighted by Crippen LogP contribution is 2.36. The van der Waals surface area contributed by atoms with Crippen LogP contribution in [0.4, 0.5) is 11.4 Å². The Morgan fingerprint density at radius 1 is 1.10 bits per heavy atom. The third-order valence-electron chi connectivity index (χ3n) is 5.58. The Labute approximate surface area is 178 Å². The van der Waals surface area contributed by atoms with Crippen molar-refractivity contribution in [1.82, 2.24) is 9.55 Å². The molecule has 2 aromatic carbocycles. The van der Waals surface area contributed by atoms with Gasteiger partial charge in [-0.1, -0.05) is 18.2 Å². The molecule has 0 aliphatic carbocycles. The number of nitrogens with one attached hydrogen (secondary N) is 1. The van der Waals surface area contributed by atoms with Crippen LogP contribution >= 0.6 is 11.3 Å². The van der Waals surface area contributed by atoms with Crippen molar-refractivity contribution in [3.63, 3.8) is 0 Å². The molecule has 3 N–H and O–H groups in total. The van der Waals surface area contributed by atoms with Crippen molar-refractivity contribution in [3.05, 3.63) is 64.7 Å². The maximum Gasteiger partial charge on any atom is 0.267 e. The Hall–Kier alpha value is -3.38. The molecule has 3 heterocycles. The quantitative estimate of drug-likeness (QED) is 0.387. The molecule has 0 saturated carbocycles. The fourth-order valence-corrected chi connectivity index (χ4v) is 5.41. The Morgan fingerprint density at radius 3 is 2.67 bits per heavy atom. The number of fused-ring (bicyclic) bond motifs is 4. The molecule has 0 unspecified atom stereocenters. The van der Waals surface area contributed by atoms with Gasteiger partial charge in [0.1, 0.15) is 9.71 Å². The SMILES string of the molecule is CCn1c2ccccc2c2cc(NC(=O)c3sc4nc(C)cc(C)c4c3N)ccc21. The lowest BCUT2D eigenvalue weighted by molar-refractivity contribution is 0.103. The number of carbonyl (C=O) groups excluding carboxylic acids is 1. The van der Waals surface area contributed by atoms with Gasteiger partial charge in [-0.25, -0.2) is 4.98 Å². The molecule has 0 bridgehead atoms. The summed E-state index contributed by atoms with van der Waals surface area (Å²) in [6.07, 6.45) is 0. The number of thiophene rings is 1. The minimum Gasteiger partial charge on any atom is -0.397 e. The molecular formula is C24H22N4OS. The lowest BCUT2D eigenvalue weighted by atomic mass is 10.1. The van der Waals surface area contributed by atoms with E-state index in [1.807, 2.05) is 38.1 Å². The average molecular weight is 415 g/mol. The van der Waals surface area contributed by atoms with Crippen molar-refractivity contribution in [2.75, 3.05) is 11.1 Å². The number of nitrogens with two attached hydrogens (primary N) is 1. The highest BCUT2D eigenvalue weighted by atomic mass is 32.1. The zero-order chi connectivity index (χ0) is 21.0. The number of hydrogen-bond acceptors (Lipinski definition) is 4. The molecule has 30 heavy (non-hydrogen) atoms. The number of pyridine rings is 1. The summed E-state index contributed by atoms with van der Waals surface area (Å²) in [5, 5.41) is 6.22. The number of aryl methyl sites for hydroxylation is 3. The Bertz CT molecular complexity index is 1460. The van der Waals surface area contributed by atoms with Crippen LogP contribution in [0.2, 0.25) is 0 Å². The monoisotopic (exact) mass is 414 g/mol. The first-order chi connectivity index (χ1) is 14.5. The van der Waals surface area contributed by atoms with Gasteiger partial charge in [-0.05, 0) is 56.7 Å². The second-order valence-electron chi connectivity index (χ2n) is 7.55. The van der Waals surface area contributed by atoms with Crippen LogP contribution in [-0.4, -0.2) is 15.5 Å². The molecule has 5 aromatic rings. The van der Waals surface area contributed by atoms with Gasteiger partial charge in [0.05, 0.1) is 5.69 Å². The zero-order valence-corrected chi connectivity index (χ0v) is 17.9. The minimum atomic E-state index is -0.203. The number of anilines is 2. The van der Waals surface area contributed by atoms with Crippen molar-refractivity contribution < 1.29 is 4.79 Å². The lowest BCUT2D eigenvalue weighted by Gasteiger charge is -2.06. The summed E-state index contributed by atoms with van der Waals surface area (Å²) < 4.78 is 2.29. The second-order valence-corrected chi connectivity index (χ2v) is 8.55. The predicted molar refractivity (Wildman–Crippen MR) is 127 cm³/mol. The summed E-state index contributed by atoms with van der Waals surface area (Å²) in [6.45, 7) is 6.98. The topological polar surface area (TPSA) is 72.9 Å². The van der Waals surface area contributed by atoms with Crippen LogP contribution < -0.4 is 11.1 Å². The van der Waals surface area contributed by atoms with E-state index in [0.717, 1.165) is 44.6 Å². The van der Waals surface area contributed by atoms with E-state index in [1.165, 1.54) is 22.2 Å². The molecule has 0 aliphatic heterocycles. The molecule has 150 valence electrons. The maximum absolute atomic E-state index is 13.0. The van der Waals surface area contributed by atoms with Gasteiger partial charge in [0, 0.05) is 45.1 Å². The molecule has 6 heteroatoms. The van der Waals surface area contributed by atoms with Crippen molar-refractivity contribution in [3.8, 4) is 0 Å². The average Bonchev–Trinajstić information content (AvgIpc) is 3.22. The van der Waals surface area contributed by atoms with Crippen LogP contribution in [0, 0.1) is 13.8 Å². The summed E-state index contributed by atoms with van der Waals surface area (Å²) in [6, 6.07) is 16.4. The summed E-state index contributed by atoms with van der Waals surface area (Å²) >= 11 is 1.34. The highest BCUT2D eigenvalue weighted by Gasteiger charge is 2.19. The summed E-state index contributed by atoms with van der Waals surface area (Å²) in [7, 11) is 0. The number of carbonyl (C=O) groups is 1. The molecule has 0 aliphatic rings. The molecule has 0 atom stereocenters. The minimum absolute atomic E-state index is 0.203. The van der Waals surface area contributed by atoms with E-state index in [1.54, 1.807) is 0 Å². The predicted octanol–water partition coefficient (Wildman–Crippen LogP) is 5.88. The molecule has 0 spiro atoms. The molecule has 0 fully saturated rings. The number of nitrogen functional groups attached to an aromatic ring is 1. The molecule has 1 amide bonds. The summed E-state index contributed by atoms with van der Waals surface area (Å²) in [5.41, 5.74) is 11.9. The van der Waals surface area contributed by atoms with Crippen LogP contribution in [0.15, 0.2) is 48.5 Å². The van der Waals surface area contributed by atoms with Crippen LogP contribution in [0.1, 0.15) is 27.9 Å². The smallest absolute Gasteiger partial charge is 0.267 e. The molecule has 5 rings (SSSR count). The number of nitrogens with zero attached hydrogens (tertiary/aromatic N) is 2. The molecule has 0 radical (unpaired) electrons. The number of benzene rings is 2. The van der Waals surface area contributed by atoms with Crippen molar-refractivity contribution in [2.24, 2.45) is 0 Å². The third kappa shape index (κ3) is 2.75. The van der Waals surface area contributed by atoms with E-state index < -0.39 is 0 Å². The van der Waals surface area contributed by atoms with Crippen LogP contribution in [0.25, 0.3) is 32.0 Å². The number of hydrogen-bond donors (Lipinski definition) is 2. The first-order valence-corrected chi connectivity index (χ1v) is 10.8. The Kier molecular flexibility index (Phi) is 4.25. The van der Waals surface area contributed by atoms with E-state index in [-0.39, 0.29) is 5.91 Å². The van der Waals surface area contributed by atoms with Crippen LogP contribution in [0.5, 0.6) is 0 Å². The lowest BCUT2D eigenvalue weighted by Crippen LogP contribution is -2.12. The van der Waals surface area contributed by atoms with Gasteiger partial charge in [-0.3, -0.25) is 4.79 Å². The summed E-state index contributed by atoms with van der Waals surface area (Å²) in [5.74, 6) is -0.203. The van der Waals surface area contributed by atoms with E-state index in [0.29, 0.717) is 10.6 Å². The second kappa shape index (κ2) is 6.85.